The SMILES string of the molecule is O=C(NCC=Cc1nc[nH]c1[N+](=O)[O-])OCc1ccccc1. The molecule has 2 rings (SSSR count). The Kier molecular flexibility index (Phi) is 5.25. The summed E-state index contributed by atoms with van der Waals surface area (Å²) in [5.74, 6) is -0.192. The first-order valence-electron chi connectivity index (χ1n) is 6.45. The number of ether oxygens (including phenoxy) is 1. The van der Waals surface area contributed by atoms with Crippen molar-refractivity contribution in [3.05, 3.63) is 64.1 Å². The molecule has 1 aromatic heterocycles. The number of carbonyl (C=O) groups excluding carboxylic acids is 1. The number of rotatable bonds is 6. The number of aromatic amines is 1. The van der Waals surface area contributed by atoms with Crippen molar-refractivity contribution in [2.45, 2.75) is 6.61 Å². The summed E-state index contributed by atoms with van der Waals surface area (Å²) in [6, 6.07) is 9.29. The summed E-state index contributed by atoms with van der Waals surface area (Å²) in [5.41, 5.74) is 1.09. The van der Waals surface area contributed by atoms with Crippen molar-refractivity contribution in [3.8, 4) is 0 Å². The Hall–Kier alpha value is -3.16. The monoisotopic (exact) mass is 302 g/mol. The van der Waals surface area contributed by atoms with E-state index in [2.05, 4.69) is 15.3 Å². The largest absolute Gasteiger partial charge is 0.445 e. The van der Waals surface area contributed by atoms with E-state index in [9.17, 15) is 14.9 Å². The topological polar surface area (TPSA) is 110 Å². The van der Waals surface area contributed by atoms with Crippen LogP contribution in [-0.4, -0.2) is 27.5 Å². The van der Waals surface area contributed by atoms with E-state index in [1.165, 1.54) is 12.4 Å². The summed E-state index contributed by atoms with van der Waals surface area (Å²) in [6.07, 6.45) is 3.67. The Morgan fingerprint density at radius 3 is 2.91 bits per heavy atom. The predicted molar refractivity (Wildman–Crippen MR) is 78.9 cm³/mol. The highest BCUT2D eigenvalue weighted by molar-refractivity contribution is 5.67. The van der Waals surface area contributed by atoms with Crippen molar-refractivity contribution in [3.63, 3.8) is 0 Å². The molecular weight excluding hydrogens is 288 g/mol. The first kappa shape index (κ1) is 15.2. The van der Waals surface area contributed by atoms with Gasteiger partial charge in [-0.3, -0.25) is 0 Å². The van der Waals surface area contributed by atoms with Crippen LogP contribution in [0.2, 0.25) is 0 Å². The quantitative estimate of drug-likeness (QED) is 0.628. The van der Waals surface area contributed by atoms with Gasteiger partial charge in [0.05, 0.1) is 0 Å². The minimum Gasteiger partial charge on any atom is -0.445 e. The molecular formula is C14H14N4O4. The number of imidazole rings is 1. The highest BCUT2D eigenvalue weighted by Gasteiger charge is 2.11. The maximum Gasteiger partial charge on any atom is 0.407 e. The Labute approximate surface area is 126 Å². The molecule has 8 nitrogen and oxygen atoms in total. The van der Waals surface area contributed by atoms with E-state index in [4.69, 9.17) is 4.74 Å². The summed E-state index contributed by atoms with van der Waals surface area (Å²) in [4.78, 5) is 27.8. The molecule has 0 atom stereocenters. The van der Waals surface area contributed by atoms with Gasteiger partial charge in [0.2, 0.25) is 0 Å². The molecule has 8 heteroatoms. The fraction of sp³-hybridized carbons (Fsp3) is 0.143. The Bertz CT molecular complexity index is 666. The average molecular weight is 302 g/mol. The van der Waals surface area contributed by atoms with Gasteiger partial charge in [-0.2, -0.15) is 0 Å². The number of hydrogen-bond donors (Lipinski definition) is 2. The molecule has 0 aliphatic rings. The Balaban J connectivity index is 1.74. The third-order valence-electron chi connectivity index (χ3n) is 2.68. The standard InChI is InChI=1S/C14H14N4O4/c19-14(22-9-11-5-2-1-3-6-11)15-8-4-7-12-13(18(20)21)17-10-16-12/h1-7,10H,8-9H2,(H,15,19)(H,16,17). The van der Waals surface area contributed by atoms with Crippen molar-refractivity contribution in [2.24, 2.45) is 0 Å². The van der Waals surface area contributed by atoms with Crippen LogP contribution >= 0.6 is 0 Å². The molecule has 0 bridgehead atoms. The maximum atomic E-state index is 11.5. The van der Waals surface area contributed by atoms with Gasteiger partial charge in [0.15, 0.2) is 12.0 Å². The number of carbonyl (C=O) groups is 1. The molecule has 0 spiro atoms. The number of H-pyrrole nitrogens is 1. The molecule has 0 radical (unpaired) electrons. The minimum atomic E-state index is -0.565. The Morgan fingerprint density at radius 2 is 2.18 bits per heavy atom. The van der Waals surface area contributed by atoms with Crippen molar-refractivity contribution in [1.29, 1.82) is 0 Å². The average Bonchev–Trinajstić information content (AvgIpc) is 2.99. The van der Waals surface area contributed by atoms with Gasteiger partial charge in [0.1, 0.15) is 6.61 Å². The van der Waals surface area contributed by atoms with Gasteiger partial charge in [-0.1, -0.05) is 36.4 Å². The van der Waals surface area contributed by atoms with Crippen LogP contribution in [0.5, 0.6) is 0 Å². The lowest BCUT2D eigenvalue weighted by Crippen LogP contribution is -2.24. The van der Waals surface area contributed by atoms with E-state index in [-0.39, 0.29) is 24.7 Å². The molecule has 2 aromatic rings. The van der Waals surface area contributed by atoms with Gasteiger partial charge in [0.25, 0.3) is 0 Å². The molecule has 0 fully saturated rings. The normalized spacial score (nSPS) is 10.5. The first-order valence-corrected chi connectivity index (χ1v) is 6.45. The lowest BCUT2D eigenvalue weighted by molar-refractivity contribution is -0.389. The van der Waals surface area contributed by atoms with Gasteiger partial charge in [0, 0.05) is 6.54 Å². The third kappa shape index (κ3) is 4.44. The van der Waals surface area contributed by atoms with Gasteiger partial charge < -0.3 is 20.2 Å². The van der Waals surface area contributed by atoms with Crippen molar-refractivity contribution >= 4 is 18.0 Å². The number of amides is 1. The number of nitro groups is 1. The smallest absolute Gasteiger partial charge is 0.407 e. The van der Waals surface area contributed by atoms with Crippen LogP contribution in [0.1, 0.15) is 11.3 Å². The number of nitrogens with one attached hydrogen (secondary N) is 2. The molecule has 22 heavy (non-hydrogen) atoms. The molecule has 0 saturated heterocycles. The Morgan fingerprint density at radius 1 is 1.41 bits per heavy atom. The molecule has 1 heterocycles. The number of benzene rings is 1. The van der Waals surface area contributed by atoms with Crippen LogP contribution in [0.4, 0.5) is 10.6 Å². The van der Waals surface area contributed by atoms with Gasteiger partial charge in [-0.15, -0.1) is 0 Å². The summed E-state index contributed by atoms with van der Waals surface area (Å²) in [5, 5.41) is 13.2. The lowest BCUT2D eigenvalue weighted by atomic mass is 10.2. The number of aromatic nitrogens is 2. The molecule has 114 valence electrons. The molecule has 1 aromatic carbocycles. The van der Waals surface area contributed by atoms with E-state index in [1.807, 2.05) is 30.3 Å². The van der Waals surface area contributed by atoms with Crippen LogP contribution in [-0.2, 0) is 11.3 Å². The second-order valence-electron chi connectivity index (χ2n) is 4.24. The fourth-order valence-electron chi connectivity index (χ4n) is 1.65. The van der Waals surface area contributed by atoms with Gasteiger partial charge >= 0.3 is 11.9 Å². The lowest BCUT2D eigenvalue weighted by Gasteiger charge is -2.04. The van der Waals surface area contributed by atoms with Crippen LogP contribution in [0, 0.1) is 10.1 Å². The maximum absolute atomic E-state index is 11.5. The summed E-state index contributed by atoms with van der Waals surface area (Å²) >= 11 is 0. The zero-order valence-electron chi connectivity index (χ0n) is 11.6. The second-order valence-corrected chi connectivity index (χ2v) is 4.24. The summed E-state index contributed by atoms with van der Waals surface area (Å²) in [7, 11) is 0. The van der Waals surface area contributed by atoms with Crippen molar-refractivity contribution < 1.29 is 14.5 Å². The number of hydrogen-bond acceptors (Lipinski definition) is 5. The van der Waals surface area contributed by atoms with Crippen LogP contribution in [0.15, 0.2) is 42.7 Å². The summed E-state index contributed by atoms with van der Waals surface area (Å²) in [6.45, 7) is 0.360. The minimum absolute atomic E-state index is 0.178. The van der Waals surface area contributed by atoms with Crippen molar-refractivity contribution in [1.82, 2.24) is 15.3 Å². The zero-order chi connectivity index (χ0) is 15.8. The second kappa shape index (κ2) is 7.58. The number of alkyl carbamates (subject to hydrolysis) is 1. The van der Waals surface area contributed by atoms with Gasteiger partial charge in [-0.05, 0) is 16.6 Å². The molecule has 1 amide bonds. The highest BCUT2D eigenvalue weighted by Crippen LogP contribution is 2.13. The number of nitrogens with zero attached hydrogens (tertiary/aromatic N) is 2. The first-order chi connectivity index (χ1) is 10.7. The molecule has 0 aliphatic heterocycles. The van der Waals surface area contributed by atoms with E-state index in [0.29, 0.717) is 0 Å². The molecule has 0 unspecified atom stereocenters. The fourth-order valence-corrected chi connectivity index (χ4v) is 1.65. The van der Waals surface area contributed by atoms with E-state index in [1.54, 1.807) is 6.08 Å². The van der Waals surface area contributed by atoms with E-state index in [0.717, 1.165) is 5.56 Å². The van der Waals surface area contributed by atoms with E-state index < -0.39 is 11.0 Å². The summed E-state index contributed by atoms with van der Waals surface area (Å²) < 4.78 is 5.01. The highest BCUT2D eigenvalue weighted by atomic mass is 16.6. The van der Waals surface area contributed by atoms with Crippen LogP contribution in [0.3, 0.4) is 0 Å². The van der Waals surface area contributed by atoms with Crippen LogP contribution < -0.4 is 5.32 Å². The van der Waals surface area contributed by atoms with Crippen molar-refractivity contribution in [2.75, 3.05) is 6.54 Å². The van der Waals surface area contributed by atoms with Crippen LogP contribution in [0.25, 0.3) is 6.08 Å². The zero-order valence-corrected chi connectivity index (χ0v) is 11.6. The molecule has 2 N–H and O–H groups in total. The third-order valence-corrected chi connectivity index (χ3v) is 2.68. The van der Waals surface area contributed by atoms with E-state index >= 15 is 0 Å². The molecule has 0 aliphatic carbocycles. The molecule has 0 saturated carbocycles. The van der Waals surface area contributed by atoms with Gasteiger partial charge in [-0.25, -0.2) is 14.8 Å². The predicted octanol–water partition coefficient (Wildman–Crippen LogP) is 2.26.